The number of halogens is 1. The van der Waals surface area contributed by atoms with E-state index in [1.807, 2.05) is 13.1 Å². The van der Waals surface area contributed by atoms with Crippen molar-refractivity contribution in [3.8, 4) is 0 Å². The highest BCUT2D eigenvalue weighted by Gasteiger charge is 2.24. The van der Waals surface area contributed by atoms with Crippen LogP contribution in [0.5, 0.6) is 0 Å². The molecule has 1 aromatic carbocycles. The zero-order valence-corrected chi connectivity index (χ0v) is 13.8. The quantitative estimate of drug-likeness (QED) is 0.805. The standard InChI is InChI=1S/C17H29FN2/c1-7-17(4,5)20(6)16-10-8-9-15(18)14(16)12-19-11-13(2)3/h8-10,13,19H,7,11-12H2,1-6H3. The van der Waals surface area contributed by atoms with Crippen LogP contribution in [0.25, 0.3) is 0 Å². The Morgan fingerprint density at radius 1 is 1.30 bits per heavy atom. The number of nitrogens with zero attached hydrogens (tertiary/aromatic N) is 1. The van der Waals surface area contributed by atoms with E-state index in [4.69, 9.17) is 0 Å². The molecule has 1 N–H and O–H groups in total. The Balaban J connectivity index is 2.99. The van der Waals surface area contributed by atoms with E-state index in [0.29, 0.717) is 12.5 Å². The van der Waals surface area contributed by atoms with Gasteiger partial charge in [0.25, 0.3) is 0 Å². The first-order valence-corrected chi connectivity index (χ1v) is 7.51. The monoisotopic (exact) mass is 280 g/mol. The first kappa shape index (κ1) is 17.0. The molecule has 0 unspecified atom stereocenters. The zero-order valence-electron chi connectivity index (χ0n) is 13.8. The fourth-order valence-electron chi connectivity index (χ4n) is 2.09. The minimum atomic E-state index is -0.127. The topological polar surface area (TPSA) is 15.3 Å². The summed E-state index contributed by atoms with van der Waals surface area (Å²) >= 11 is 0. The van der Waals surface area contributed by atoms with Crippen LogP contribution in [0, 0.1) is 11.7 Å². The Bertz CT molecular complexity index is 427. The van der Waals surface area contributed by atoms with E-state index >= 15 is 0 Å². The van der Waals surface area contributed by atoms with Crippen molar-refractivity contribution < 1.29 is 4.39 Å². The number of hydrogen-bond acceptors (Lipinski definition) is 2. The summed E-state index contributed by atoms with van der Waals surface area (Å²) in [5, 5.41) is 3.34. The molecule has 0 saturated carbocycles. The second kappa shape index (κ2) is 7.07. The van der Waals surface area contributed by atoms with Crippen LogP contribution in [0.1, 0.15) is 46.6 Å². The molecule has 0 aromatic heterocycles. The predicted octanol–water partition coefficient (Wildman–Crippen LogP) is 4.20. The Hall–Kier alpha value is -1.09. The van der Waals surface area contributed by atoms with Gasteiger partial charge in [0, 0.05) is 30.4 Å². The summed E-state index contributed by atoms with van der Waals surface area (Å²) in [7, 11) is 2.05. The van der Waals surface area contributed by atoms with Gasteiger partial charge in [-0.1, -0.05) is 26.8 Å². The van der Waals surface area contributed by atoms with Crippen molar-refractivity contribution in [3.63, 3.8) is 0 Å². The fraction of sp³-hybridized carbons (Fsp3) is 0.647. The van der Waals surface area contributed by atoms with Gasteiger partial charge in [0.15, 0.2) is 0 Å². The molecule has 1 rings (SSSR count). The van der Waals surface area contributed by atoms with Gasteiger partial charge < -0.3 is 10.2 Å². The van der Waals surface area contributed by atoms with Crippen LogP contribution in [0.3, 0.4) is 0 Å². The molecule has 0 radical (unpaired) electrons. The second-order valence-electron chi connectivity index (χ2n) is 6.49. The van der Waals surface area contributed by atoms with Crippen molar-refractivity contribution in [1.29, 1.82) is 0 Å². The van der Waals surface area contributed by atoms with Crippen molar-refractivity contribution in [2.24, 2.45) is 5.92 Å². The average Bonchev–Trinajstić information content (AvgIpc) is 2.39. The second-order valence-corrected chi connectivity index (χ2v) is 6.49. The highest BCUT2D eigenvalue weighted by atomic mass is 19.1. The summed E-state index contributed by atoms with van der Waals surface area (Å²) in [6.45, 7) is 12.3. The molecule has 0 amide bonds. The van der Waals surface area contributed by atoms with Gasteiger partial charge in [-0.3, -0.25) is 0 Å². The molecule has 1 aromatic rings. The lowest BCUT2D eigenvalue weighted by Crippen LogP contribution is -2.41. The van der Waals surface area contributed by atoms with E-state index in [2.05, 4.69) is 44.8 Å². The van der Waals surface area contributed by atoms with Gasteiger partial charge in [0.2, 0.25) is 0 Å². The molecule has 3 heteroatoms. The Morgan fingerprint density at radius 2 is 1.95 bits per heavy atom. The number of hydrogen-bond donors (Lipinski definition) is 1. The van der Waals surface area contributed by atoms with E-state index in [-0.39, 0.29) is 11.4 Å². The van der Waals surface area contributed by atoms with Crippen LogP contribution in [-0.4, -0.2) is 19.1 Å². The van der Waals surface area contributed by atoms with Gasteiger partial charge >= 0.3 is 0 Å². The minimum Gasteiger partial charge on any atom is -0.369 e. The van der Waals surface area contributed by atoms with Crippen LogP contribution in [0.15, 0.2) is 18.2 Å². The molecule has 0 fully saturated rings. The van der Waals surface area contributed by atoms with Gasteiger partial charge in [0.1, 0.15) is 5.82 Å². The van der Waals surface area contributed by atoms with Gasteiger partial charge in [-0.05, 0) is 44.9 Å². The number of benzene rings is 1. The smallest absolute Gasteiger partial charge is 0.129 e. The highest BCUT2D eigenvalue weighted by Crippen LogP contribution is 2.29. The van der Waals surface area contributed by atoms with Crippen LogP contribution < -0.4 is 10.2 Å². The third kappa shape index (κ3) is 4.20. The molecule has 0 aliphatic heterocycles. The molecule has 0 saturated heterocycles. The van der Waals surface area contributed by atoms with Crippen LogP contribution in [0.2, 0.25) is 0 Å². The lowest BCUT2D eigenvalue weighted by Gasteiger charge is -2.38. The zero-order chi connectivity index (χ0) is 15.3. The van der Waals surface area contributed by atoms with E-state index in [1.165, 1.54) is 0 Å². The van der Waals surface area contributed by atoms with Gasteiger partial charge in [-0.15, -0.1) is 0 Å². The third-order valence-corrected chi connectivity index (χ3v) is 4.08. The summed E-state index contributed by atoms with van der Waals surface area (Å²) < 4.78 is 14.2. The highest BCUT2D eigenvalue weighted by molar-refractivity contribution is 5.55. The van der Waals surface area contributed by atoms with Crippen molar-refractivity contribution >= 4 is 5.69 Å². The van der Waals surface area contributed by atoms with Crippen molar-refractivity contribution in [1.82, 2.24) is 5.32 Å². The fourth-order valence-corrected chi connectivity index (χ4v) is 2.09. The first-order chi connectivity index (χ1) is 9.29. The summed E-state index contributed by atoms with van der Waals surface area (Å²) in [6.07, 6.45) is 1.01. The maximum atomic E-state index is 14.2. The molecule has 0 bridgehead atoms. The van der Waals surface area contributed by atoms with E-state index in [9.17, 15) is 4.39 Å². The summed E-state index contributed by atoms with van der Waals surface area (Å²) in [4.78, 5) is 2.18. The molecule has 0 atom stereocenters. The lowest BCUT2D eigenvalue weighted by atomic mass is 9.97. The number of anilines is 1. The van der Waals surface area contributed by atoms with Crippen molar-refractivity contribution in [3.05, 3.63) is 29.6 Å². The summed E-state index contributed by atoms with van der Waals surface area (Å²) in [5.41, 5.74) is 1.76. The van der Waals surface area contributed by atoms with Crippen LogP contribution in [-0.2, 0) is 6.54 Å². The third-order valence-electron chi connectivity index (χ3n) is 4.08. The Kier molecular flexibility index (Phi) is 6.00. The van der Waals surface area contributed by atoms with Crippen LogP contribution >= 0.6 is 0 Å². The minimum absolute atomic E-state index is 0.0145. The Morgan fingerprint density at radius 3 is 2.50 bits per heavy atom. The maximum Gasteiger partial charge on any atom is 0.129 e. The average molecular weight is 280 g/mol. The molecule has 0 aliphatic carbocycles. The molecule has 114 valence electrons. The summed E-state index contributed by atoms with van der Waals surface area (Å²) in [6, 6.07) is 5.34. The van der Waals surface area contributed by atoms with Crippen molar-refractivity contribution in [2.45, 2.75) is 53.1 Å². The SMILES string of the molecule is CCC(C)(C)N(C)c1cccc(F)c1CNCC(C)C. The molecule has 0 spiro atoms. The lowest BCUT2D eigenvalue weighted by molar-refractivity contribution is 0.466. The first-order valence-electron chi connectivity index (χ1n) is 7.51. The number of nitrogens with one attached hydrogen (secondary N) is 1. The predicted molar refractivity (Wildman–Crippen MR) is 85.7 cm³/mol. The van der Waals surface area contributed by atoms with Gasteiger partial charge in [0.05, 0.1) is 0 Å². The molecule has 0 heterocycles. The largest absolute Gasteiger partial charge is 0.369 e. The maximum absolute atomic E-state index is 14.2. The van der Waals surface area contributed by atoms with Gasteiger partial charge in [-0.2, -0.15) is 0 Å². The number of rotatable bonds is 7. The van der Waals surface area contributed by atoms with Gasteiger partial charge in [-0.25, -0.2) is 4.39 Å². The van der Waals surface area contributed by atoms with E-state index < -0.39 is 0 Å². The summed E-state index contributed by atoms with van der Waals surface area (Å²) in [5.74, 6) is 0.438. The van der Waals surface area contributed by atoms with E-state index in [1.54, 1.807) is 12.1 Å². The molecule has 0 aliphatic rings. The Labute approximate surface area is 123 Å². The molecule has 2 nitrogen and oxygen atoms in total. The molecular weight excluding hydrogens is 251 g/mol. The van der Waals surface area contributed by atoms with Crippen LogP contribution in [0.4, 0.5) is 10.1 Å². The van der Waals surface area contributed by atoms with Crippen molar-refractivity contribution in [2.75, 3.05) is 18.5 Å². The molecule has 20 heavy (non-hydrogen) atoms. The van der Waals surface area contributed by atoms with E-state index in [0.717, 1.165) is 24.2 Å². The molecular formula is C17H29FN2. The normalized spacial score (nSPS) is 12.0.